The number of amides is 1. The second kappa shape index (κ2) is 12.4. The quantitative estimate of drug-likeness (QED) is 0.487. The Kier molecular flexibility index (Phi) is 10.2. The van der Waals surface area contributed by atoms with Gasteiger partial charge in [0.15, 0.2) is 0 Å². The summed E-state index contributed by atoms with van der Waals surface area (Å²) in [5.74, 6) is 0. The first-order chi connectivity index (χ1) is 15.5. The number of carbonyl (C=O) groups excluding carboxylic acids is 1. The van der Waals surface area contributed by atoms with Gasteiger partial charge >= 0.3 is 6.09 Å². The Labute approximate surface area is 202 Å². The van der Waals surface area contributed by atoms with Crippen LogP contribution in [0, 0.1) is 0 Å². The van der Waals surface area contributed by atoms with Crippen LogP contribution in [0.2, 0.25) is 5.02 Å². The van der Waals surface area contributed by atoms with Gasteiger partial charge in [-0.05, 0) is 70.5 Å². The van der Waals surface area contributed by atoms with Crippen LogP contribution in [0.25, 0.3) is 0 Å². The lowest BCUT2D eigenvalue weighted by molar-refractivity contribution is 0.0523. The van der Waals surface area contributed by atoms with Gasteiger partial charge in [0.2, 0.25) is 10.0 Å². The lowest BCUT2D eigenvalue weighted by Gasteiger charge is -2.19. The van der Waals surface area contributed by atoms with Crippen LogP contribution in [0.15, 0.2) is 53.4 Å². The molecule has 9 heteroatoms. The highest BCUT2D eigenvalue weighted by atomic mass is 35.5. The Bertz CT molecular complexity index is 1010. The fourth-order valence-electron chi connectivity index (χ4n) is 3.09. The zero-order chi connectivity index (χ0) is 24.5. The summed E-state index contributed by atoms with van der Waals surface area (Å²) in [5.41, 5.74) is 1.71. The molecule has 0 spiro atoms. The van der Waals surface area contributed by atoms with E-state index in [0.29, 0.717) is 19.6 Å². The van der Waals surface area contributed by atoms with E-state index in [1.807, 2.05) is 40.0 Å². The summed E-state index contributed by atoms with van der Waals surface area (Å²) in [6, 6.07) is 14.5. The molecule has 1 amide bonds. The molecule has 0 saturated heterocycles. The number of alkyl carbamates (subject to hydrolysis) is 1. The summed E-state index contributed by atoms with van der Waals surface area (Å²) in [6.45, 7) is 7.66. The van der Waals surface area contributed by atoms with Crippen molar-refractivity contribution in [2.24, 2.45) is 0 Å². The number of sulfonamides is 1. The number of likely N-dealkylation sites (N-methyl/N-ethyl adjacent to an activating group) is 1. The van der Waals surface area contributed by atoms with E-state index in [-0.39, 0.29) is 9.92 Å². The van der Waals surface area contributed by atoms with Crippen molar-refractivity contribution in [1.82, 2.24) is 14.9 Å². The largest absolute Gasteiger partial charge is 0.444 e. The Morgan fingerprint density at radius 2 is 1.67 bits per heavy atom. The van der Waals surface area contributed by atoms with Crippen molar-refractivity contribution in [3.8, 4) is 0 Å². The predicted molar refractivity (Wildman–Crippen MR) is 132 cm³/mol. The molecule has 33 heavy (non-hydrogen) atoms. The number of hydrogen-bond acceptors (Lipinski definition) is 5. The number of nitrogens with zero attached hydrogens (tertiary/aromatic N) is 1. The molecule has 7 nitrogen and oxygen atoms in total. The fraction of sp³-hybridized carbons (Fsp3) is 0.458. The van der Waals surface area contributed by atoms with Gasteiger partial charge in [-0.3, -0.25) is 0 Å². The lowest BCUT2D eigenvalue weighted by atomic mass is 10.1. The Balaban J connectivity index is 1.67. The van der Waals surface area contributed by atoms with E-state index in [4.69, 9.17) is 16.3 Å². The smallest absolute Gasteiger partial charge is 0.407 e. The maximum Gasteiger partial charge on any atom is 0.407 e. The predicted octanol–water partition coefficient (Wildman–Crippen LogP) is 4.21. The third-order valence-electron chi connectivity index (χ3n) is 4.78. The number of rotatable bonds is 11. The molecule has 182 valence electrons. The number of benzene rings is 2. The number of halogens is 1. The van der Waals surface area contributed by atoms with Crippen molar-refractivity contribution in [3.63, 3.8) is 0 Å². The van der Waals surface area contributed by atoms with Crippen LogP contribution >= 0.6 is 11.6 Å². The molecule has 0 aliphatic carbocycles. The van der Waals surface area contributed by atoms with Gasteiger partial charge in [-0.25, -0.2) is 17.9 Å². The van der Waals surface area contributed by atoms with Crippen molar-refractivity contribution in [3.05, 3.63) is 64.7 Å². The molecule has 0 saturated carbocycles. The van der Waals surface area contributed by atoms with Crippen molar-refractivity contribution in [1.29, 1.82) is 0 Å². The summed E-state index contributed by atoms with van der Waals surface area (Å²) in [6.07, 6.45) is 1.43. The maximum absolute atomic E-state index is 12.4. The molecular weight excluding hydrogens is 462 g/mol. The first kappa shape index (κ1) is 27.1. The second-order valence-electron chi connectivity index (χ2n) is 8.91. The third-order valence-corrected chi connectivity index (χ3v) is 6.74. The fourth-order valence-corrected chi connectivity index (χ4v) is 4.63. The first-order valence-corrected chi connectivity index (χ1v) is 12.8. The average Bonchev–Trinajstić information content (AvgIpc) is 2.72. The number of hydrogen-bond donors (Lipinski definition) is 2. The lowest BCUT2D eigenvalue weighted by Crippen LogP contribution is -2.33. The van der Waals surface area contributed by atoms with Crippen molar-refractivity contribution >= 4 is 27.7 Å². The van der Waals surface area contributed by atoms with Crippen LogP contribution in [-0.2, 0) is 27.7 Å². The molecule has 2 aromatic rings. The van der Waals surface area contributed by atoms with Gasteiger partial charge in [-0.1, -0.05) is 48.0 Å². The zero-order valence-electron chi connectivity index (χ0n) is 19.7. The highest BCUT2D eigenvalue weighted by Gasteiger charge is 2.17. The molecule has 2 aromatic carbocycles. The minimum Gasteiger partial charge on any atom is -0.444 e. The summed E-state index contributed by atoms with van der Waals surface area (Å²) in [4.78, 5) is 13.9. The molecule has 2 rings (SSSR count). The zero-order valence-corrected chi connectivity index (χ0v) is 21.3. The van der Waals surface area contributed by atoms with E-state index in [1.165, 1.54) is 11.6 Å². The van der Waals surface area contributed by atoms with Crippen LogP contribution in [0.1, 0.15) is 38.3 Å². The first-order valence-electron chi connectivity index (χ1n) is 10.9. The molecule has 0 bridgehead atoms. The number of carbonyl (C=O) groups is 1. The highest BCUT2D eigenvalue weighted by molar-refractivity contribution is 7.89. The van der Waals surface area contributed by atoms with Gasteiger partial charge in [0, 0.05) is 19.6 Å². The summed E-state index contributed by atoms with van der Waals surface area (Å²) in [5, 5.41) is 2.97. The number of ether oxygens (including phenoxy) is 1. The topological polar surface area (TPSA) is 87.7 Å². The summed E-state index contributed by atoms with van der Waals surface area (Å²) in [7, 11) is -1.65. The molecular formula is C24H34ClN3O4S. The highest BCUT2D eigenvalue weighted by Crippen LogP contribution is 2.19. The van der Waals surface area contributed by atoms with Gasteiger partial charge in [-0.2, -0.15) is 0 Å². The van der Waals surface area contributed by atoms with E-state index >= 15 is 0 Å². The molecule has 0 radical (unpaired) electrons. The second-order valence-corrected chi connectivity index (χ2v) is 11.0. The standard InChI is InChI=1S/C24H34ClN3O4S/c1-24(2,3)32-23(29)26-18-20-13-11-19(12-14-20)8-7-16-28(4)17-15-27-33(30,31)22-10-6-5-9-21(22)25/h5-6,9-14,27H,7-8,15-18H2,1-4H3,(H,26,29). The van der Waals surface area contributed by atoms with Crippen molar-refractivity contribution in [2.75, 3.05) is 26.7 Å². The van der Waals surface area contributed by atoms with Gasteiger partial charge < -0.3 is 15.0 Å². The molecule has 2 N–H and O–H groups in total. The van der Waals surface area contributed by atoms with Crippen molar-refractivity contribution in [2.45, 2.75) is 50.7 Å². The van der Waals surface area contributed by atoms with E-state index < -0.39 is 21.7 Å². The molecule has 0 aliphatic rings. The Hall–Kier alpha value is -2.13. The van der Waals surface area contributed by atoms with E-state index in [9.17, 15) is 13.2 Å². The van der Waals surface area contributed by atoms with Gasteiger partial charge in [0.25, 0.3) is 0 Å². The van der Waals surface area contributed by atoms with E-state index in [2.05, 4.69) is 27.1 Å². The molecule has 0 aliphatic heterocycles. The third kappa shape index (κ3) is 10.1. The summed E-state index contributed by atoms with van der Waals surface area (Å²) >= 11 is 5.99. The van der Waals surface area contributed by atoms with Gasteiger partial charge in [0.1, 0.15) is 10.5 Å². The van der Waals surface area contributed by atoms with Crippen LogP contribution < -0.4 is 10.0 Å². The minimum atomic E-state index is -3.62. The normalized spacial score (nSPS) is 12.1. The van der Waals surface area contributed by atoms with Crippen molar-refractivity contribution < 1.29 is 17.9 Å². The Morgan fingerprint density at radius 1 is 1.03 bits per heavy atom. The molecule has 0 fully saturated rings. The minimum absolute atomic E-state index is 0.0964. The van der Waals surface area contributed by atoms with Gasteiger partial charge in [0.05, 0.1) is 5.02 Å². The summed E-state index contributed by atoms with van der Waals surface area (Å²) < 4.78 is 32.6. The molecule has 0 heterocycles. The van der Waals surface area contributed by atoms with Crippen LogP contribution in [0.4, 0.5) is 4.79 Å². The monoisotopic (exact) mass is 495 g/mol. The van der Waals surface area contributed by atoms with Crippen LogP contribution in [0.5, 0.6) is 0 Å². The van der Waals surface area contributed by atoms with E-state index in [1.54, 1.807) is 18.2 Å². The van der Waals surface area contributed by atoms with Crippen LogP contribution in [0.3, 0.4) is 0 Å². The SMILES string of the molecule is CN(CCCc1ccc(CNC(=O)OC(C)(C)C)cc1)CCNS(=O)(=O)c1ccccc1Cl. The Morgan fingerprint density at radius 3 is 2.30 bits per heavy atom. The molecule has 0 atom stereocenters. The number of nitrogens with one attached hydrogen (secondary N) is 2. The van der Waals surface area contributed by atoms with E-state index in [0.717, 1.165) is 24.9 Å². The van der Waals surface area contributed by atoms with Gasteiger partial charge in [-0.15, -0.1) is 0 Å². The maximum atomic E-state index is 12.4. The average molecular weight is 496 g/mol. The van der Waals surface area contributed by atoms with Crippen LogP contribution in [-0.4, -0.2) is 51.7 Å². The number of aryl methyl sites for hydroxylation is 1. The molecule has 0 unspecified atom stereocenters. The molecule has 0 aromatic heterocycles.